The molecule has 0 fully saturated rings. The molecule has 1 aromatic heterocycles. The number of aromatic nitrogens is 1. The first-order chi connectivity index (χ1) is 12.9. The molecule has 0 saturated carbocycles. The third-order valence-electron chi connectivity index (χ3n) is 4.50. The van der Waals surface area contributed by atoms with Crippen molar-refractivity contribution in [1.82, 2.24) is 9.47 Å². The van der Waals surface area contributed by atoms with Gasteiger partial charge in [0.1, 0.15) is 5.69 Å². The maximum atomic E-state index is 13.1. The minimum absolute atomic E-state index is 0.0161. The maximum absolute atomic E-state index is 13.1. The number of benzene rings is 1. The van der Waals surface area contributed by atoms with Gasteiger partial charge in [-0.15, -0.1) is 0 Å². The van der Waals surface area contributed by atoms with Gasteiger partial charge in [0, 0.05) is 36.9 Å². The smallest absolute Gasteiger partial charge is 0.354 e. The number of Topliss-reactive ketones (excluding diaryl/α,β-unsaturated/α-hetero) is 1. The number of hydrogen-bond donors (Lipinski definition) is 0. The van der Waals surface area contributed by atoms with E-state index in [1.54, 1.807) is 6.92 Å². The van der Waals surface area contributed by atoms with Crippen molar-refractivity contribution in [3.8, 4) is 0 Å². The molecule has 0 radical (unpaired) electrons. The van der Waals surface area contributed by atoms with Crippen LogP contribution in [0.2, 0.25) is 0 Å². The Bertz CT molecular complexity index is 895. The van der Waals surface area contributed by atoms with Crippen LogP contribution in [-0.2, 0) is 17.7 Å². The summed E-state index contributed by atoms with van der Waals surface area (Å²) in [6, 6.07) is 9.68. The van der Waals surface area contributed by atoms with E-state index in [4.69, 9.17) is 4.74 Å². The van der Waals surface area contributed by atoms with Crippen LogP contribution in [-0.4, -0.2) is 41.9 Å². The van der Waals surface area contributed by atoms with E-state index in [1.165, 1.54) is 0 Å². The van der Waals surface area contributed by atoms with Crippen LogP contribution in [0, 0.1) is 0 Å². The highest BCUT2D eigenvalue weighted by Gasteiger charge is 2.30. The van der Waals surface area contributed by atoms with E-state index < -0.39 is 5.97 Å². The second-order valence-corrected chi connectivity index (χ2v) is 7.70. The van der Waals surface area contributed by atoms with Crippen molar-refractivity contribution < 1.29 is 14.3 Å². The standard InChI is InChI=1S/C21H23BrN2O3/c1-4-27-21(26)18-11-15-7-8-16(13-23(2)3)20(25)19(15)24(18)12-14-5-9-17(22)10-6-14/h5-6,9-11,13H,4,7-8,12H2,1-3H3. The van der Waals surface area contributed by atoms with Crippen molar-refractivity contribution in [1.29, 1.82) is 0 Å². The zero-order valence-electron chi connectivity index (χ0n) is 15.8. The second-order valence-electron chi connectivity index (χ2n) is 6.78. The third-order valence-corrected chi connectivity index (χ3v) is 5.03. The highest BCUT2D eigenvalue weighted by Crippen LogP contribution is 2.30. The summed E-state index contributed by atoms with van der Waals surface area (Å²) in [4.78, 5) is 27.5. The van der Waals surface area contributed by atoms with Crippen LogP contribution in [0.5, 0.6) is 0 Å². The molecule has 0 spiro atoms. The van der Waals surface area contributed by atoms with Gasteiger partial charge in [0.25, 0.3) is 0 Å². The number of ether oxygens (including phenoxy) is 1. The Morgan fingerprint density at radius 1 is 1.26 bits per heavy atom. The largest absolute Gasteiger partial charge is 0.461 e. The lowest BCUT2D eigenvalue weighted by Gasteiger charge is -2.19. The molecule has 0 amide bonds. The predicted molar refractivity (Wildman–Crippen MR) is 108 cm³/mol. The number of fused-ring (bicyclic) bond motifs is 1. The number of esters is 1. The Morgan fingerprint density at radius 2 is 1.96 bits per heavy atom. The summed E-state index contributed by atoms with van der Waals surface area (Å²) < 4.78 is 8.02. The number of carbonyl (C=O) groups is 2. The van der Waals surface area contributed by atoms with E-state index in [1.807, 2.05) is 60.1 Å². The molecule has 0 saturated heterocycles. The van der Waals surface area contributed by atoms with Gasteiger partial charge in [0.15, 0.2) is 0 Å². The topological polar surface area (TPSA) is 51.5 Å². The minimum Gasteiger partial charge on any atom is -0.461 e. The Hall–Kier alpha value is -2.34. The van der Waals surface area contributed by atoms with E-state index in [0.717, 1.165) is 27.6 Å². The molecule has 2 aromatic rings. The summed E-state index contributed by atoms with van der Waals surface area (Å²) in [7, 11) is 3.81. The molecule has 142 valence electrons. The molecule has 0 bridgehead atoms. The maximum Gasteiger partial charge on any atom is 0.354 e. The first-order valence-corrected chi connectivity index (χ1v) is 9.75. The lowest BCUT2D eigenvalue weighted by atomic mass is 9.92. The third kappa shape index (κ3) is 4.16. The lowest BCUT2D eigenvalue weighted by molar-refractivity contribution is 0.0514. The number of aryl methyl sites for hydroxylation is 1. The van der Waals surface area contributed by atoms with Gasteiger partial charge < -0.3 is 14.2 Å². The zero-order valence-corrected chi connectivity index (χ0v) is 17.4. The van der Waals surface area contributed by atoms with Crippen molar-refractivity contribution >= 4 is 27.7 Å². The first kappa shape index (κ1) is 19.4. The molecular weight excluding hydrogens is 408 g/mol. The van der Waals surface area contributed by atoms with E-state index in [9.17, 15) is 9.59 Å². The van der Waals surface area contributed by atoms with Crippen LogP contribution in [0.15, 0.2) is 46.6 Å². The molecule has 1 aliphatic carbocycles. The van der Waals surface area contributed by atoms with E-state index >= 15 is 0 Å². The molecule has 0 N–H and O–H groups in total. The minimum atomic E-state index is -0.394. The Balaban J connectivity index is 2.08. The van der Waals surface area contributed by atoms with E-state index in [0.29, 0.717) is 31.0 Å². The quantitative estimate of drug-likeness (QED) is 0.530. The first-order valence-electron chi connectivity index (χ1n) is 8.96. The molecule has 27 heavy (non-hydrogen) atoms. The van der Waals surface area contributed by atoms with Crippen LogP contribution >= 0.6 is 15.9 Å². The molecule has 1 heterocycles. The fourth-order valence-electron chi connectivity index (χ4n) is 3.34. The summed E-state index contributed by atoms with van der Waals surface area (Å²) in [5, 5.41) is 0. The molecule has 6 heteroatoms. The summed E-state index contributed by atoms with van der Waals surface area (Å²) in [5.41, 5.74) is 3.72. The number of allylic oxidation sites excluding steroid dienone is 1. The predicted octanol–water partition coefficient (Wildman–Crippen LogP) is 4.05. The molecule has 1 aliphatic rings. The zero-order chi connectivity index (χ0) is 19.6. The highest BCUT2D eigenvalue weighted by atomic mass is 79.9. The van der Waals surface area contributed by atoms with Crippen molar-refractivity contribution in [2.75, 3.05) is 20.7 Å². The van der Waals surface area contributed by atoms with Gasteiger partial charge in [-0.2, -0.15) is 0 Å². The number of halogens is 1. The summed E-state index contributed by atoms with van der Waals surface area (Å²) in [5.74, 6) is -0.410. The van der Waals surface area contributed by atoms with Crippen LogP contribution < -0.4 is 0 Å². The average molecular weight is 431 g/mol. The highest BCUT2D eigenvalue weighted by molar-refractivity contribution is 9.10. The summed E-state index contributed by atoms with van der Waals surface area (Å²) in [6.07, 6.45) is 3.28. The molecule has 0 unspecified atom stereocenters. The normalized spacial score (nSPS) is 15.0. The fraction of sp³-hybridized carbons (Fsp3) is 0.333. The van der Waals surface area contributed by atoms with Crippen LogP contribution in [0.25, 0.3) is 0 Å². The molecule has 3 rings (SSSR count). The molecular formula is C21H23BrN2O3. The van der Waals surface area contributed by atoms with Gasteiger partial charge in [-0.05, 0) is 49.1 Å². The van der Waals surface area contributed by atoms with Gasteiger partial charge in [-0.25, -0.2) is 4.79 Å². The van der Waals surface area contributed by atoms with Gasteiger partial charge in [-0.3, -0.25) is 4.79 Å². The number of ketones is 1. The average Bonchev–Trinajstić information content (AvgIpc) is 2.98. The number of carbonyl (C=O) groups excluding carboxylic acids is 2. The van der Waals surface area contributed by atoms with Gasteiger partial charge in [0.05, 0.1) is 12.3 Å². The molecule has 0 atom stereocenters. The van der Waals surface area contributed by atoms with Crippen LogP contribution in [0.1, 0.15) is 45.4 Å². The van der Waals surface area contributed by atoms with Crippen LogP contribution in [0.3, 0.4) is 0 Å². The fourth-order valence-corrected chi connectivity index (χ4v) is 3.61. The van der Waals surface area contributed by atoms with E-state index in [2.05, 4.69) is 15.9 Å². The number of rotatable bonds is 5. The van der Waals surface area contributed by atoms with Crippen molar-refractivity contribution in [3.63, 3.8) is 0 Å². The monoisotopic (exact) mass is 430 g/mol. The summed E-state index contributed by atoms with van der Waals surface area (Å²) >= 11 is 3.43. The SMILES string of the molecule is CCOC(=O)c1cc2c(n1Cc1ccc(Br)cc1)C(=O)C(=CN(C)C)CC2. The Labute approximate surface area is 167 Å². The summed E-state index contributed by atoms with van der Waals surface area (Å²) in [6.45, 7) is 2.52. The van der Waals surface area contributed by atoms with Gasteiger partial charge >= 0.3 is 5.97 Å². The Kier molecular flexibility index (Phi) is 5.85. The van der Waals surface area contributed by atoms with Gasteiger partial charge in [0.2, 0.25) is 5.78 Å². The van der Waals surface area contributed by atoms with Crippen molar-refractivity contribution in [3.05, 3.63) is 69.1 Å². The van der Waals surface area contributed by atoms with Crippen molar-refractivity contribution in [2.24, 2.45) is 0 Å². The van der Waals surface area contributed by atoms with Crippen LogP contribution in [0.4, 0.5) is 0 Å². The molecule has 1 aromatic carbocycles. The number of hydrogen-bond acceptors (Lipinski definition) is 4. The molecule has 5 nitrogen and oxygen atoms in total. The van der Waals surface area contributed by atoms with E-state index in [-0.39, 0.29) is 5.78 Å². The van der Waals surface area contributed by atoms with Crippen molar-refractivity contribution in [2.45, 2.75) is 26.3 Å². The van der Waals surface area contributed by atoms with Gasteiger partial charge in [-0.1, -0.05) is 28.1 Å². The molecule has 0 aliphatic heterocycles. The number of nitrogens with zero attached hydrogens (tertiary/aromatic N) is 2. The second kappa shape index (κ2) is 8.13. The lowest BCUT2D eigenvalue weighted by Crippen LogP contribution is -2.22. The Morgan fingerprint density at radius 3 is 2.59 bits per heavy atom.